The number of ether oxygens (including phenoxy) is 1. The van der Waals surface area contributed by atoms with E-state index in [1.165, 1.54) is 0 Å². The number of rotatable bonds is 4. The number of carbonyl (C=O) groups is 3. The van der Waals surface area contributed by atoms with Gasteiger partial charge in [-0.25, -0.2) is 4.79 Å². The van der Waals surface area contributed by atoms with Crippen LogP contribution in [0.25, 0.3) is 0 Å². The van der Waals surface area contributed by atoms with Crippen LogP contribution in [-0.2, 0) is 14.3 Å². The number of urea groups is 1. The van der Waals surface area contributed by atoms with Crippen LogP contribution in [0.2, 0.25) is 0 Å². The van der Waals surface area contributed by atoms with Crippen LogP contribution in [0.15, 0.2) is 0 Å². The maximum atomic E-state index is 12.5. The first-order valence-electron chi connectivity index (χ1n) is 7.90. The third-order valence-corrected chi connectivity index (χ3v) is 5.12. The predicted molar refractivity (Wildman–Crippen MR) is 78.0 cm³/mol. The van der Waals surface area contributed by atoms with Gasteiger partial charge in [-0.05, 0) is 38.5 Å². The van der Waals surface area contributed by atoms with Crippen LogP contribution >= 0.6 is 0 Å². The van der Waals surface area contributed by atoms with E-state index in [0.29, 0.717) is 13.1 Å². The Labute approximate surface area is 129 Å². The number of methoxy groups -OCH3 is 1. The largest absolute Gasteiger partial charge is 0.381 e. The normalized spacial score (nSPS) is 29.9. The van der Waals surface area contributed by atoms with E-state index in [4.69, 9.17) is 4.74 Å². The number of piperidine rings is 1. The molecule has 3 rings (SSSR count). The summed E-state index contributed by atoms with van der Waals surface area (Å²) in [6.07, 6.45) is 3.69. The molecule has 1 saturated carbocycles. The van der Waals surface area contributed by atoms with Crippen molar-refractivity contribution in [1.29, 1.82) is 0 Å². The van der Waals surface area contributed by atoms with E-state index < -0.39 is 11.6 Å². The van der Waals surface area contributed by atoms with E-state index in [1.807, 2.05) is 0 Å². The highest BCUT2D eigenvalue weighted by Crippen LogP contribution is 2.42. The average molecular weight is 309 g/mol. The second kappa shape index (κ2) is 5.53. The maximum absolute atomic E-state index is 12.5. The second-order valence-electron chi connectivity index (χ2n) is 6.61. The van der Waals surface area contributed by atoms with E-state index in [1.54, 1.807) is 18.9 Å². The molecule has 22 heavy (non-hydrogen) atoms. The molecule has 0 aromatic rings. The molecule has 0 bridgehead atoms. The van der Waals surface area contributed by atoms with Crippen LogP contribution in [0.1, 0.15) is 32.6 Å². The van der Waals surface area contributed by atoms with Gasteiger partial charge in [0.2, 0.25) is 5.91 Å². The van der Waals surface area contributed by atoms with Gasteiger partial charge in [-0.15, -0.1) is 0 Å². The number of hydrogen-bond acceptors (Lipinski definition) is 4. The lowest BCUT2D eigenvalue weighted by molar-refractivity contribution is -0.140. The van der Waals surface area contributed by atoms with Crippen LogP contribution in [0, 0.1) is 5.92 Å². The van der Waals surface area contributed by atoms with Crippen LogP contribution < -0.4 is 5.32 Å². The minimum Gasteiger partial charge on any atom is -0.381 e. The highest BCUT2D eigenvalue weighted by molar-refractivity contribution is 6.09. The van der Waals surface area contributed by atoms with Crippen molar-refractivity contribution < 1.29 is 19.1 Å². The fraction of sp³-hybridized carbons (Fsp3) is 0.800. The third kappa shape index (κ3) is 2.58. The molecule has 3 fully saturated rings. The van der Waals surface area contributed by atoms with Crippen molar-refractivity contribution in [1.82, 2.24) is 15.1 Å². The van der Waals surface area contributed by atoms with Crippen LogP contribution in [0.5, 0.6) is 0 Å². The Balaban J connectivity index is 1.60. The molecule has 0 aromatic heterocycles. The van der Waals surface area contributed by atoms with E-state index in [9.17, 15) is 14.4 Å². The number of imide groups is 1. The fourth-order valence-corrected chi connectivity index (χ4v) is 3.37. The van der Waals surface area contributed by atoms with Crippen molar-refractivity contribution >= 4 is 17.8 Å². The zero-order valence-electron chi connectivity index (χ0n) is 13.1. The maximum Gasteiger partial charge on any atom is 0.325 e. The Morgan fingerprint density at radius 3 is 2.45 bits per heavy atom. The summed E-state index contributed by atoms with van der Waals surface area (Å²) in [4.78, 5) is 39.7. The van der Waals surface area contributed by atoms with Gasteiger partial charge in [0.15, 0.2) is 0 Å². The Hall–Kier alpha value is -1.63. The van der Waals surface area contributed by atoms with Crippen molar-refractivity contribution in [3.05, 3.63) is 0 Å². The predicted octanol–water partition coefficient (Wildman–Crippen LogP) is 0.344. The van der Waals surface area contributed by atoms with Crippen molar-refractivity contribution in [2.24, 2.45) is 5.92 Å². The van der Waals surface area contributed by atoms with Gasteiger partial charge in [0, 0.05) is 20.2 Å². The van der Waals surface area contributed by atoms with Crippen LogP contribution in [0.4, 0.5) is 4.79 Å². The topological polar surface area (TPSA) is 79.0 Å². The van der Waals surface area contributed by atoms with Gasteiger partial charge in [-0.3, -0.25) is 14.5 Å². The highest BCUT2D eigenvalue weighted by Gasteiger charge is 2.56. The standard InChI is InChI=1S/C15H23N3O4/c1-15(10-3-4-10)13(20)18(14(21)16-15)9-12(19)17-7-5-11(22-2)6-8-17/h10-11H,3-9H2,1-2H3,(H,16,21)/t15-/m0/s1. The van der Waals surface area contributed by atoms with E-state index in [2.05, 4.69) is 5.32 Å². The van der Waals surface area contributed by atoms with Crippen LogP contribution in [0.3, 0.4) is 0 Å². The highest BCUT2D eigenvalue weighted by atomic mass is 16.5. The summed E-state index contributed by atoms with van der Waals surface area (Å²) < 4.78 is 5.28. The van der Waals surface area contributed by atoms with E-state index in [-0.39, 0.29) is 30.4 Å². The number of likely N-dealkylation sites (tertiary alicyclic amines) is 1. The summed E-state index contributed by atoms with van der Waals surface area (Å²) in [6, 6.07) is -0.445. The number of nitrogens with one attached hydrogen (secondary N) is 1. The first-order valence-corrected chi connectivity index (χ1v) is 7.90. The van der Waals surface area contributed by atoms with Crippen molar-refractivity contribution in [3.63, 3.8) is 0 Å². The molecule has 4 amide bonds. The first kappa shape index (κ1) is 15.3. The molecule has 0 aromatic carbocycles. The van der Waals surface area contributed by atoms with Gasteiger partial charge in [-0.2, -0.15) is 0 Å². The average Bonchev–Trinajstić information content (AvgIpc) is 3.33. The first-order chi connectivity index (χ1) is 10.5. The Bertz CT molecular complexity index is 497. The molecule has 1 aliphatic carbocycles. The molecule has 0 spiro atoms. The number of hydrogen-bond donors (Lipinski definition) is 1. The Kier molecular flexibility index (Phi) is 3.84. The van der Waals surface area contributed by atoms with Gasteiger partial charge in [-0.1, -0.05) is 0 Å². The molecule has 122 valence electrons. The third-order valence-electron chi connectivity index (χ3n) is 5.12. The monoisotopic (exact) mass is 309 g/mol. The summed E-state index contributed by atoms with van der Waals surface area (Å²) in [5.74, 6) is -0.222. The fourth-order valence-electron chi connectivity index (χ4n) is 3.37. The number of amides is 4. The van der Waals surface area contributed by atoms with E-state index in [0.717, 1.165) is 30.6 Å². The van der Waals surface area contributed by atoms with E-state index >= 15 is 0 Å². The SMILES string of the molecule is COC1CCN(C(=O)CN2C(=O)N[C@@](C)(C3CC3)C2=O)CC1. The van der Waals surface area contributed by atoms with Gasteiger partial charge < -0.3 is 15.0 Å². The molecule has 7 heteroatoms. The molecule has 7 nitrogen and oxygen atoms in total. The second-order valence-corrected chi connectivity index (χ2v) is 6.61. The molecule has 2 saturated heterocycles. The lowest BCUT2D eigenvalue weighted by atomic mass is 9.96. The Morgan fingerprint density at radius 1 is 1.27 bits per heavy atom. The van der Waals surface area contributed by atoms with Crippen molar-refractivity contribution in [2.45, 2.75) is 44.2 Å². The molecule has 2 heterocycles. The van der Waals surface area contributed by atoms with Gasteiger partial charge in [0.25, 0.3) is 5.91 Å². The van der Waals surface area contributed by atoms with Crippen molar-refractivity contribution in [2.75, 3.05) is 26.7 Å². The zero-order chi connectivity index (χ0) is 15.9. The molecule has 3 aliphatic rings. The Morgan fingerprint density at radius 2 is 1.91 bits per heavy atom. The van der Waals surface area contributed by atoms with Crippen LogP contribution in [-0.4, -0.2) is 66.0 Å². The summed E-state index contributed by atoms with van der Waals surface area (Å²) in [6.45, 7) is 2.83. The molecule has 2 aliphatic heterocycles. The minimum absolute atomic E-state index is 0.162. The molecular weight excluding hydrogens is 286 g/mol. The van der Waals surface area contributed by atoms with Gasteiger partial charge in [0.05, 0.1) is 6.10 Å². The minimum atomic E-state index is -0.819. The molecule has 0 unspecified atom stereocenters. The zero-order valence-corrected chi connectivity index (χ0v) is 13.1. The van der Waals surface area contributed by atoms with Crippen molar-refractivity contribution in [3.8, 4) is 0 Å². The molecule has 1 atom stereocenters. The molecule has 1 N–H and O–H groups in total. The molecular formula is C15H23N3O4. The summed E-state index contributed by atoms with van der Waals surface area (Å²) in [7, 11) is 1.67. The van der Waals surface area contributed by atoms with Gasteiger partial charge in [0.1, 0.15) is 12.1 Å². The summed E-state index contributed by atoms with van der Waals surface area (Å²) >= 11 is 0. The number of nitrogens with zero attached hydrogens (tertiary/aromatic N) is 2. The molecule has 0 radical (unpaired) electrons. The lowest BCUT2D eigenvalue weighted by Crippen LogP contribution is -2.48. The summed E-state index contributed by atoms with van der Waals surface area (Å²) in [5, 5.41) is 2.76. The lowest BCUT2D eigenvalue weighted by Gasteiger charge is -2.32. The summed E-state index contributed by atoms with van der Waals surface area (Å²) in [5.41, 5.74) is -0.819. The van der Waals surface area contributed by atoms with Gasteiger partial charge >= 0.3 is 6.03 Å². The smallest absolute Gasteiger partial charge is 0.325 e. The quantitative estimate of drug-likeness (QED) is 0.760. The number of carbonyl (C=O) groups excluding carboxylic acids is 3.